The summed E-state index contributed by atoms with van der Waals surface area (Å²) in [5.41, 5.74) is 4.61. The molecule has 2 aromatic carbocycles. The minimum absolute atomic E-state index is 0. The number of hydrogen-bond acceptors (Lipinski definition) is 0. The van der Waals surface area contributed by atoms with Crippen molar-refractivity contribution in [3.63, 3.8) is 0 Å². The fourth-order valence-corrected chi connectivity index (χ4v) is 3.27. The highest BCUT2D eigenvalue weighted by Gasteiger charge is 2.20. The Bertz CT molecular complexity index is 974. The van der Waals surface area contributed by atoms with E-state index in [-0.39, 0.29) is 17.0 Å². The van der Waals surface area contributed by atoms with Crippen LogP contribution in [0.3, 0.4) is 0 Å². The van der Waals surface area contributed by atoms with Crippen LogP contribution >= 0.6 is 48.8 Å². The number of pyridine rings is 1. The van der Waals surface area contributed by atoms with E-state index in [4.69, 9.17) is 0 Å². The summed E-state index contributed by atoms with van der Waals surface area (Å²) >= 11 is 7.02. The molecule has 120 valence electrons. The molecule has 0 aliphatic heterocycles. The highest BCUT2D eigenvalue weighted by Crippen LogP contribution is 2.26. The van der Waals surface area contributed by atoms with Gasteiger partial charge < -0.3 is 0 Å². The van der Waals surface area contributed by atoms with Crippen LogP contribution in [-0.4, -0.2) is 4.57 Å². The first kappa shape index (κ1) is 17.4. The van der Waals surface area contributed by atoms with Crippen LogP contribution < -0.4 is 4.40 Å². The molecule has 0 unspecified atom stereocenters. The molecule has 2 heterocycles. The van der Waals surface area contributed by atoms with Gasteiger partial charge in [0.25, 0.3) is 5.65 Å². The van der Waals surface area contributed by atoms with Gasteiger partial charge in [0.15, 0.2) is 5.69 Å². The summed E-state index contributed by atoms with van der Waals surface area (Å²) in [4.78, 5) is 0. The molecular formula is C19H14Br3N2+. The standard InChI is InChI=1S/C19H13Br2N2.BrH/c20-15-6-4-14(5-7-15)18-13-22-12-2-1-3-19(22)23(18)17-10-8-16(21)9-11-17;/h1-13H;1H/q+1;. The molecule has 24 heavy (non-hydrogen) atoms. The summed E-state index contributed by atoms with van der Waals surface area (Å²) in [5, 5.41) is 0. The molecule has 0 atom stereocenters. The largest absolute Gasteiger partial charge is 0.291 e. The Balaban J connectivity index is 0.00000169. The monoisotopic (exact) mass is 507 g/mol. The third kappa shape index (κ3) is 3.21. The number of imidazole rings is 1. The van der Waals surface area contributed by atoms with Crippen LogP contribution in [0.2, 0.25) is 0 Å². The Kier molecular flexibility index (Phi) is 5.23. The molecule has 2 aromatic heterocycles. The second-order valence-corrected chi connectivity index (χ2v) is 7.13. The zero-order valence-corrected chi connectivity index (χ0v) is 17.4. The first-order chi connectivity index (χ1) is 11.2. The second kappa shape index (κ2) is 7.21. The maximum absolute atomic E-state index is 3.51. The van der Waals surface area contributed by atoms with E-state index < -0.39 is 0 Å². The van der Waals surface area contributed by atoms with Crippen LogP contribution in [0.5, 0.6) is 0 Å². The quantitative estimate of drug-likeness (QED) is 0.294. The van der Waals surface area contributed by atoms with Gasteiger partial charge in [-0.1, -0.05) is 37.9 Å². The topological polar surface area (TPSA) is 9.03 Å². The molecule has 4 aromatic rings. The molecule has 0 amide bonds. The summed E-state index contributed by atoms with van der Waals surface area (Å²) in [6.07, 6.45) is 4.24. The van der Waals surface area contributed by atoms with Crippen molar-refractivity contribution in [1.82, 2.24) is 4.57 Å². The van der Waals surface area contributed by atoms with Crippen LogP contribution in [0.4, 0.5) is 0 Å². The van der Waals surface area contributed by atoms with Gasteiger partial charge in [-0.3, -0.25) is 0 Å². The normalized spacial score (nSPS) is 10.6. The van der Waals surface area contributed by atoms with Gasteiger partial charge in [-0.05, 0) is 54.6 Å². The third-order valence-corrected chi connectivity index (χ3v) is 4.88. The average Bonchev–Trinajstić information content (AvgIpc) is 2.96. The van der Waals surface area contributed by atoms with Gasteiger partial charge in [0.2, 0.25) is 0 Å². The van der Waals surface area contributed by atoms with Crippen molar-refractivity contribution < 1.29 is 4.40 Å². The van der Waals surface area contributed by atoms with E-state index in [1.165, 1.54) is 5.56 Å². The van der Waals surface area contributed by atoms with Crippen LogP contribution in [0, 0.1) is 0 Å². The molecule has 0 saturated carbocycles. The van der Waals surface area contributed by atoms with Crippen molar-refractivity contribution >= 4 is 54.5 Å². The molecule has 0 bridgehead atoms. The number of fused-ring (bicyclic) bond motifs is 1. The molecule has 0 saturated heterocycles. The fourth-order valence-electron chi connectivity index (χ4n) is 2.74. The van der Waals surface area contributed by atoms with Gasteiger partial charge in [0.1, 0.15) is 11.9 Å². The fraction of sp³-hybridized carbons (Fsp3) is 0. The maximum atomic E-state index is 3.51. The SMILES string of the molecule is Br.Brc1ccc(-c2c[n+]3ccccc3n2-c2ccc(Br)cc2)cc1. The first-order valence-electron chi connectivity index (χ1n) is 7.26. The van der Waals surface area contributed by atoms with Crippen molar-refractivity contribution in [2.24, 2.45) is 0 Å². The van der Waals surface area contributed by atoms with Crippen LogP contribution in [0.25, 0.3) is 22.6 Å². The lowest BCUT2D eigenvalue weighted by Gasteiger charge is -2.03. The number of benzene rings is 2. The van der Waals surface area contributed by atoms with Crippen molar-refractivity contribution in [3.05, 3.63) is 88.1 Å². The second-order valence-electron chi connectivity index (χ2n) is 5.30. The van der Waals surface area contributed by atoms with Crippen LogP contribution in [0.15, 0.2) is 88.1 Å². The zero-order chi connectivity index (χ0) is 15.8. The van der Waals surface area contributed by atoms with Gasteiger partial charge in [0.05, 0.1) is 6.20 Å². The van der Waals surface area contributed by atoms with E-state index in [0.29, 0.717) is 0 Å². The lowest BCUT2D eigenvalue weighted by atomic mass is 10.1. The molecule has 0 aliphatic carbocycles. The highest BCUT2D eigenvalue weighted by atomic mass is 79.9. The molecule has 0 fully saturated rings. The first-order valence-corrected chi connectivity index (χ1v) is 8.84. The average molecular weight is 510 g/mol. The molecule has 2 nitrogen and oxygen atoms in total. The molecule has 0 aliphatic rings. The summed E-state index contributed by atoms with van der Waals surface area (Å²) in [6.45, 7) is 0. The predicted molar refractivity (Wildman–Crippen MR) is 110 cm³/mol. The third-order valence-electron chi connectivity index (χ3n) is 3.82. The number of halogens is 3. The minimum atomic E-state index is 0. The molecule has 0 spiro atoms. The van der Waals surface area contributed by atoms with Crippen molar-refractivity contribution in [1.29, 1.82) is 0 Å². The minimum Gasteiger partial charge on any atom is -0.202 e. The number of rotatable bonds is 2. The maximum Gasteiger partial charge on any atom is 0.291 e. The predicted octanol–water partition coefficient (Wildman–Crippen LogP) is 5.99. The van der Waals surface area contributed by atoms with Crippen LogP contribution in [0.1, 0.15) is 0 Å². The van der Waals surface area contributed by atoms with Gasteiger partial charge in [0, 0.05) is 20.6 Å². The number of hydrogen-bond donors (Lipinski definition) is 0. The van der Waals surface area contributed by atoms with Gasteiger partial charge in [-0.2, -0.15) is 4.57 Å². The summed E-state index contributed by atoms with van der Waals surface area (Å²) < 4.78 is 6.59. The Morgan fingerprint density at radius 2 is 1.38 bits per heavy atom. The van der Waals surface area contributed by atoms with Crippen molar-refractivity contribution in [2.45, 2.75) is 0 Å². The Labute approximate surface area is 167 Å². The van der Waals surface area contributed by atoms with Crippen molar-refractivity contribution in [2.75, 3.05) is 0 Å². The summed E-state index contributed by atoms with van der Waals surface area (Å²) in [5.74, 6) is 0. The summed E-state index contributed by atoms with van der Waals surface area (Å²) in [7, 11) is 0. The molecule has 5 heteroatoms. The molecule has 0 radical (unpaired) electrons. The van der Waals surface area contributed by atoms with Gasteiger partial charge in [-0.15, -0.1) is 17.0 Å². The lowest BCUT2D eigenvalue weighted by molar-refractivity contribution is -0.510. The smallest absolute Gasteiger partial charge is 0.202 e. The Morgan fingerprint density at radius 1 is 0.750 bits per heavy atom. The van der Waals surface area contributed by atoms with E-state index in [9.17, 15) is 0 Å². The highest BCUT2D eigenvalue weighted by molar-refractivity contribution is 9.10. The summed E-state index contributed by atoms with van der Waals surface area (Å²) in [6, 6.07) is 23.0. The van der Waals surface area contributed by atoms with E-state index in [0.717, 1.165) is 26.0 Å². The Hall–Kier alpha value is -1.43. The van der Waals surface area contributed by atoms with E-state index in [1.807, 2.05) is 6.07 Å². The lowest BCUT2D eigenvalue weighted by Crippen LogP contribution is -2.17. The van der Waals surface area contributed by atoms with Crippen molar-refractivity contribution in [3.8, 4) is 16.9 Å². The number of aromatic nitrogens is 2. The zero-order valence-electron chi connectivity index (χ0n) is 12.6. The van der Waals surface area contributed by atoms with E-state index in [2.05, 4.69) is 114 Å². The van der Waals surface area contributed by atoms with E-state index >= 15 is 0 Å². The molecular weight excluding hydrogens is 496 g/mol. The Morgan fingerprint density at radius 3 is 2.04 bits per heavy atom. The molecule has 4 rings (SSSR count). The van der Waals surface area contributed by atoms with Gasteiger partial charge in [-0.25, -0.2) is 4.40 Å². The van der Waals surface area contributed by atoms with E-state index in [1.54, 1.807) is 0 Å². The van der Waals surface area contributed by atoms with Gasteiger partial charge >= 0.3 is 0 Å². The number of nitrogens with zero attached hydrogens (tertiary/aromatic N) is 2. The molecule has 0 N–H and O–H groups in total. The van der Waals surface area contributed by atoms with Crippen LogP contribution in [-0.2, 0) is 0 Å².